The highest BCUT2D eigenvalue weighted by Crippen LogP contribution is 2.30. The second-order valence-electron chi connectivity index (χ2n) is 6.96. The summed E-state index contributed by atoms with van der Waals surface area (Å²) in [6.07, 6.45) is 3.45. The Bertz CT molecular complexity index is 920. The van der Waals surface area contributed by atoms with Crippen LogP contribution in [0.4, 0.5) is 5.69 Å². The minimum Gasteiger partial charge on any atom is -0.347 e. The Morgan fingerprint density at radius 2 is 1.96 bits per heavy atom. The van der Waals surface area contributed by atoms with E-state index in [1.165, 1.54) is 11.3 Å². The van der Waals surface area contributed by atoms with Crippen molar-refractivity contribution in [3.05, 3.63) is 29.1 Å². The van der Waals surface area contributed by atoms with Crippen LogP contribution < -0.4 is 10.0 Å². The summed E-state index contributed by atoms with van der Waals surface area (Å²) < 4.78 is 26.1. The van der Waals surface area contributed by atoms with Gasteiger partial charge in [-0.15, -0.1) is 23.7 Å². The molecule has 2 aromatic rings. The second-order valence-corrected chi connectivity index (χ2v) is 9.79. The van der Waals surface area contributed by atoms with Crippen molar-refractivity contribution in [1.82, 2.24) is 10.2 Å². The maximum atomic E-state index is 12.6. The van der Waals surface area contributed by atoms with Crippen LogP contribution in [0, 0.1) is 5.92 Å². The van der Waals surface area contributed by atoms with Crippen LogP contribution in [0.25, 0.3) is 10.1 Å². The van der Waals surface area contributed by atoms with Gasteiger partial charge in [0.25, 0.3) is 5.91 Å². The number of hydrogen-bond acceptors (Lipinski definition) is 5. The highest BCUT2D eigenvalue weighted by Gasteiger charge is 2.35. The van der Waals surface area contributed by atoms with Gasteiger partial charge in [0.05, 0.1) is 11.1 Å². The minimum atomic E-state index is -3.31. The topological polar surface area (TPSA) is 78.5 Å². The average Bonchev–Trinajstić information content (AvgIpc) is 2.98. The molecule has 1 amide bonds. The van der Waals surface area contributed by atoms with Crippen molar-refractivity contribution in [3.63, 3.8) is 0 Å². The van der Waals surface area contributed by atoms with Gasteiger partial charge in [0.1, 0.15) is 0 Å². The number of hydrogen-bond donors (Lipinski definition) is 2. The summed E-state index contributed by atoms with van der Waals surface area (Å²) in [5.74, 6) is 0.562. The number of nitrogens with one attached hydrogen (secondary N) is 2. The molecule has 6 nitrogen and oxygen atoms in total. The molecule has 3 fully saturated rings. The van der Waals surface area contributed by atoms with E-state index in [0.717, 1.165) is 48.8 Å². The molecule has 0 unspecified atom stereocenters. The first-order valence-electron chi connectivity index (χ1n) is 8.42. The molecule has 3 aliphatic heterocycles. The summed E-state index contributed by atoms with van der Waals surface area (Å²) in [7, 11) is -3.31. The molecule has 1 aromatic heterocycles. The number of fused-ring (bicyclic) bond motifs is 4. The van der Waals surface area contributed by atoms with Gasteiger partial charge in [-0.2, -0.15) is 0 Å². The molecule has 0 saturated carbocycles. The van der Waals surface area contributed by atoms with E-state index in [-0.39, 0.29) is 24.4 Å². The zero-order valence-corrected chi connectivity index (χ0v) is 16.8. The van der Waals surface area contributed by atoms with Crippen LogP contribution >= 0.6 is 23.7 Å². The standard InChI is InChI=1S/C17H21N3O3S2.ClH/c1-25(22,23)19-13-3-2-12-8-16(24-15(12)9-13)17(21)18-14-10-20-6-4-11(14)5-7-20;/h2-3,8-9,11,14,19H,4-7,10H2,1H3,(H,18,21);1H/t14-;/m0./s1. The van der Waals surface area contributed by atoms with E-state index in [1.807, 2.05) is 12.1 Å². The first kappa shape index (κ1) is 19.4. The maximum Gasteiger partial charge on any atom is 0.261 e. The third-order valence-corrected chi connectivity index (χ3v) is 6.72. The summed E-state index contributed by atoms with van der Waals surface area (Å²) in [5, 5.41) is 4.15. The predicted octanol–water partition coefficient (Wildman–Crippen LogP) is 2.52. The molecule has 3 saturated heterocycles. The van der Waals surface area contributed by atoms with Gasteiger partial charge in [0.15, 0.2) is 0 Å². The fraction of sp³-hybridized carbons (Fsp3) is 0.471. The number of halogens is 1. The van der Waals surface area contributed by atoms with Gasteiger partial charge in [0, 0.05) is 23.0 Å². The molecule has 9 heteroatoms. The van der Waals surface area contributed by atoms with E-state index in [4.69, 9.17) is 0 Å². The van der Waals surface area contributed by atoms with Gasteiger partial charge in [-0.3, -0.25) is 9.52 Å². The lowest BCUT2D eigenvalue weighted by Crippen LogP contribution is -2.57. The van der Waals surface area contributed by atoms with Crippen LogP contribution in [0.15, 0.2) is 24.3 Å². The van der Waals surface area contributed by atoms with Gasteiger partial charge >= 0.3 is 0 Å². The zero-order valence-electron chi connectivity index (χ0n) is 14.4. The molecule has 5 rings (SSSR count). The summed E-state index contributed by atoms with van der Waals surface area (Å²) in [6.45, 7) is 3.25. The number of carbonyl (C=O) groups is 1. The van der Waals surface area contributed by atoms with Crippen molar-refractivity contribution in [1.29, 1.82) is 0 Å². The van der Waals surface area contributed by atoms with E-state index in [2.05, 4.69) is 14.9 Å². The van der Waals surface area contributed by atoms with Crippen LogP contribution in [0.2, 0.25) is 0 Å². The Hall–Kier alpha value is -1.35. The van der Waals surface area contributed by atoms with E-state index in [0.29, 0.717) is 16.5 Å². The van der Waals surface area contributed by atoms with Crippen molar-refractivity contribution in [2.45, 2.75) is 18.9 Å². The Morgan fingerprint density at radius 3 is 2.58 bits per heavy atom. The number of benzene rings is 1. The van der Waals surface area contributed by atoms with Crippen molar-refractivity contribution in [3.8, 4) is 0 Å². The number of piperidine rings is 3. The third kappa shape index (κ3) is 4.14. The lowest BCUT2D eigenvalue weighted by Gasteiger charge is -2.44. The lowest BCUT2D eigenvalue weighted by atomic mass is 9.84. The Labute approximate surface area is 163 Å². The van der Waals surface area contributed by atoms with Gasteiger partial charge in [-0.25, -0.2) is 8.42 Å². The van der Waals surface area contributed by atoms with Crippen LogP contribution in [0.3, 0.4) is 0 Å². The third-order valence-electron chi connectivity index (χ3n) is 5.02. The molecular weight excluding hydrogens is 394 g/mol. The normalized spacial score (nSPS) is 24.9. The van der Waals surface area contributed by atoms with Crippen LogP contribution in [-0.4, -0.2) is 51.2 Å². The zero-order chi connectivity index (χ0) is 17.6. The van der Waals surface area contributed by atoms with Crippen molar-refractivity contribution in [2.24, 2.45) is 5.92 Å². The van der Waals surface area contributed by atoms with Crippen LogP contribution in [0.1, 0.15) is 22.5 Å². The quantitative estimate of drug-likeness (QED) is 0.804. The van der Waals surface area contributed by atoms with Crippen molar-refractivity contribution >= 4 is 55.4 Å². The van der Waals surface area contributed by atoms with E-state index in [9.17, 15) is 13.2 Å². The fourth-order valence-electron chi connectivity index (χ4n) is 3.79. The van der Waals surface area contributed by atoms with Gasteiger partial charge in [0.2, 0.25) is 10.0 Å². The molecule has 0 radical (unpaired) electrons. The van der Waals surface area contributed by atoms with Crippen molar-refractivity contribution < 1.29 is 13.2 Å². The summed E-state index contributed by atoms with van der Waals surface area (Å²) in [5.41, 5.74) is 0.515. The van der Waals surface area contributed by atoms with Gasteiger partial charge in [-0.1, -0.05) is 6.07 Å². The molecule has 1 aromatic carbocycles. The SMILES string of the molecule is CS(=O)(=O)Nc1ccc2cc(C(=O)N[C@H]3CN4CCC3CC4)sc2c1.Cl. The Morgan fingerprint density at radius 1 is 1.23 bits per heavy atom. The monoisotopic (exact) mass is 415 g/mol. The highest BCUT2D eigenvalue weighted by molar-refractivity contribution is 7.92. The number of carbonyl (C=O) groups excluding carboxylic acids is 1. The fourth-order valence-corrected chi connectivity index (χ4v) is 5.35. The Kier molecular flexibility index (Phi) is 5.48. The molecule has 2 N–H and O–H groups in total. The summed E-state index contributed by atoms with van der Waals surface area (Å²) in [4.78, 5) is 15.7. The largest absolute Gasteiger partial charge is 0.347 e. The van der Waals surface area contributed by atoms with Crippen LogP contribution in [-0.2, 0) is 10.0 Å². The molecule has 2 bridgehead atoms. The smallest absolute Gasteiger partial charge is 0.261 e. The number of sulfonamides is 1. The number of rotatable bonds is 4. The summed E-state index contributed by atoms with van der Waals surface area (Å²) >= 11 is 1.39. The van der Waals surface area contributed by atoms with Gasteiger partial charge in [-0.05, 0) is 55.4 Å². The molecule has 0 aliphatic carbocycles. The number of anilines is 1. The molecule has 4 heterocycles. The Balaban J connectivity index is 0.00000196. The van der Waals surface area contributed by atoms with Gasteiger partial charge < -0.3 is 10.2 Å². The predicted molar refractivity (Wildman–Crippen MR) is 108 cm³/mol. The lowest BCUT2D eigenvalue weighted by molar-refractivity contribution is 0.0622. The molecule has 3 aliphatic rings. The minimum absolute atomic E-state index is 0. The first-order valence-corrected chi connectivity index (χ1v) is 11.1. The molecule has 0 spiro atoms. The number of amides is 1. The highest BCUT2D eigenvalue weighted by atomic mass is 35.5. The number of nitrogens with zero attached hydrogens (tertiary/aromatic N) is 1. The van der Waals surface area contributed by atoms with Crippen LogP contribution in [0.5, 0.6) is 0 Å². The summed E-state index contributed by atoms with van der Waals surface area (Å²) in [6, 6.07) is 7.44. The van der Waals surface area contributed by atoms with E-state index in [1.54, 1.807) is 12.1 Å². The maximum absolute atomic E-state index is 12.6. The molecule has 1 atom stereocenters. The molecular formula is C17H22ClN3O3S2. The van der Waals surface area contributed by atoms with E-state index < -0.39 is 10.0 Å². The number of thiophene rings is 1. The second kappa shape index (κ2) is 7.34. The first-order chi connectivity index (χ1) is 11.9. The molecule has 26 heavy (non-hydrogen) atoms. The molecule has 142 valence electrons. The average molecular weight is 416 g/mol. The van der Waals surface area contributed by atoms with Crippen molar-refractivity contribution in [2.75, 3.05) is 30.6 Å². The van der Waals surface area contributed by atoms with E-state index >= 15 is 0 Å².